The smallest absolute Gasteiger partial charge is 0.768 e. The van der Waals surface area contributed by atoms with Crippen molar-refractivity contribution in [2.24, 2.45) is 0 Å². The van der Waals surface area contributed by atoms with Gasteiger partial charge in [-0.25, -0.2) is 0 Å². The van der Waals surface area contributed by atoms with Gasteiger partial charge in [-0.3, -0.25) is 14.3 Å². The summed E-state index contributed by atoms with van der Waals surface area (Å²) in [6, 6.07) is 3.30. The summed E-state index contributed by atoms with van der Waals surface area (Å²) in [5, 5.41) is 10.3. The number of rotatable bonds is 2. The van der Waals surface area contributed by atoms with E-state index in [9.17, 15) is 18.9 Å². The molecule has 8 heteroatoms. The van der Waals surface area contributed by atoms with E-state index in [-0.39, 0.29) is 40.1 Å². The first-order valence-corrected chi connectivity index (χ1v) is 4.23. The van der Waals surface area contributed by atoms with Crippen molar-refractivity contribution in [3.63, 3.8) is 0 Å². The van der Waals surface area contributed by atoms with Gasteiger partial charge in [0.05, 0.1) is 4.92 Å². The Hall–Kier alpha value is -0.470. The van der Waals surface area contributed by atoms with E-state index in [0.29, 0.717) is 0 Å². The average Bonchev–Trinajstić information content (AvgIpc) is 2.04. The van der Waals surface area contributed by atoms with Gasteiger partial charge >= 0.3 is 29.6 Å². The van der Waals surface area contributed by atoms with Crippen molar-refractivity contribution in [1.29, 1.82) is 0 Å². The topological polar surface area (TPSA) is 109 Å². The maximum atomic E-state index is 10.4. The molecule has 1 atom stereocenters. The molecule has 14 heavy (non-hydrogen) atoms. The summed E-state index contributed by atoms with van der Waals surface area (Å²) in [4.78, 5) is 9.44. The summed E-state index contributed by atoms with van der Waals surface area (Å²) in [6.07, 6.45) is 0. The quantitative estimate of drug-likeness (QED) is 0.195. The summed E-state index contributed by atoms with van der Waals surface area (Å²) in [5.41, 5.74) is 4.79. The van der Waals surface area contributed by atoms with Crippen LogP contribution in [0.5, 0.6) is 0 Å². The fourth-order valence-electron chi connectivity index (χ4n) is 0.785. The average molecular weight is 224 g/mol. The Bertz CT molecular complexity index is 384. The number of anilines is 1. The van der Waals surface area contributed by atoms with Crippen LogP contribution in [0.4, 0.5) is 11.4 Å². The molecule has 1 unspecified atom stereocenters. The van der Waals surface area contributed by atoms with Crippen LogP contribution < -0.4 is 35.3 Å². The molecule has 2 N–H and O–H groups in total. The van der Waals surface area contributed by atoms with Crippen LogP contribution >= 0.6 is 0 Å². The van der Waals surface area contributed by atoms with Crippen molar-refractivity contribution < 1.29 is 43.2 Å². The molecule has 0 radical (unpaired) electrons. The Labute approximate surface area is 104 Å². The predicted octanol–water partition coefficient (Wildman–Crippen LogP) is -2.58. The van der Waals surface area contributed by atoms with Gasteiger partial charge in [0.2, 0.25) is 0 Å². The Morgan fingerprint density at radius 1 is 1.43 bits per heavy atom. The standard InChI is InChI=1S/C6H6N2O4S.Na/c7-5-2-1-4(13(11)12)3-6(5)8(9)10;/h1-3H,7H2,(H,11,12);/q;+1/p-1. The molecule has 70 valence electrons. The van der Waals surface area contributed by atoms with Gasteiger partial charge in [0.25, 0.3) is 5.69 Å². The van der Waals surface area contributed by atoms with Crippen LogP contribution in [0.1, 0.15) is 0 Å². The van der Waals surface area contributed by atoms with Crippen LogP contribution in [0.2, 0.25) is 0 Å². The SMILES string of the molecule is Nc1ccc(S(=O)[O-])cc1[N+](=O)[O-].[Na+]. The summed E-state index contributed by atoms with van der Waals surface area (Å²) in [6.45, 7) is 0. The molecule has 0 heterocycles. The molecule has 6 nitrogen and oxygen atoms in total. The molecular weight excluding hydrogens is 219 g/mol. The number of hydrogen-bond acceptors (Lipinski definition) is 5. The van der Waals surface area contributed by atoms with E-state index in [1.54, 1.807) is 0 Å². The van der Waals surface area contributed by atoms with E-state index >= 15 is 0 Å². The van der Waals surface area contributed by atoms with Crippen LogP contribution in [-0.2, 0) is 11.1 Å². The second-order valence-electron chi connectivity index (χ2n) is 2.21. The Morgan fingerprint density at radius 2 is 2.00 bits per heavy atom. The molecule has 0 spiro atoms. The van der Waals surface area contributed by atoms with Gasteiger partial charge in [0.1, 0.15) is 5.69 Å². The van der Waals surface area contributed by atoms with Gasteiger partial charge in [-0.05, 0) is 23.2 Å². The third kappa shape index (κ3) is 3.03. The maximum absolute atomic E-state index is 10.4. The first-order valence-electron chi connectivity index (χ1n) is 3.15. The van der Waals surface area contributed by atoms with Gasteiger partial charge in [0, 0.05) is 11.0 Å². The number of nitro benzene ring substituents is 1. The molecule has 0 amide bonds. The van der Waals surface area contributed by atoms with E-state index < -0.39 is 21.7 Å². The summed E-state index contributed by atoms with van der Waals surface area (Å²) in [5.74, 6) is 0. The van der Waals surface area contributed by atoms with Crippen molar-refractivity contribution in [3.8, 4) is 0 Å². The zero-order chi connectivity index (χ0) is 10.0. The van der Waals surface area contributed by atoms with Crippen molar-refractivity contribution >= 4 is 22.5 Å². The zero-order valence-electron chi connectivity index (χ0n) is 7.30. The predicted molar refractivity (Wildman–Crippen MR) is 44.7 cm³/mol. The first kappa shape index (κ1) is 13.5. The van der Waals surface area contributed by atoms with Gasteiger partial charge in [0.15, 0.2) is 0 Å². The molecule has 0 fully saturated rings. The fraction of sp³-hybridized carbons (Fsp3) is 0. The molecule has 1 rings (SSSR count). The Morgan fingerprint density at radius 3 is 2.43 bits per heavy atom. The van der Waals surface area contributed by atoms with Crippen molar-refractivity contribution in [1.82, 2.24) is 0 Å². The fourth-order valence-corrected chi connectivity index (χ4v) is 1.17. The minimum Gasteiger partial charge on any atom is -0.768 e. The van der Waals surface area contributed by atoms with Crippen molar-refractivity contribution in [2.45, 2.75) is 4.90 Å². The van der Waals surface area contributed by atoms with Crippen LogP contribution in [-0.4, -0.2) is 13.7 Å². The van der Waals surface area contributed by atoms with Gasteiger partial charge in [-0.1, -0.05) is 0 Å². The van der Waals surface area contributed by atoms with E-state index in [4.69, 9.17) is 5.73 Å². The van der Waals surface area contributed by atoms with E-state index in [0.717, 1.165) is 6.07 Å². The first-order chi connectivity index (χ1) is 6.02. The normalized spacial score (nSPS) is 11.5. The largest absolute Gasteiger partial charge is 1.00 e. The number of nitrogens with zero attached hydrogens (tertiary/aromatic N) is 1. The van der Waals surface area contributed by atoms with Crippen LogP contribution in [0.15, 0.2) is 23.1 Å². The molecule has 1 aromatic rings. The van der Waals surface area contributed by atoms with Crippen LogP contribution in [0.25, 0.3) is 0 Å². The third-order valence-corrected chi connectivity index (χ3v) is 2.03. The van der Waals surface area contributed by atoms with Crippen molar-refractivity contribution in [2.75, 3.05) is 5.73 Å². The molecule has 0 aliphatic heterocycles. The van der Waals surface area contributed by atoms with Crippen LogP contribution in [0, 0.1) is 10.1 Å². The monoisotopic (exact) mass is 224 g/mol. The Kier molecular flexibility index (Phi) is 5.24. The number of benzene rings is 1. The van der Waals surface area contributed by atoms with E-state index in [1.165, 1.54) is 12.1 Å². The molecule has 1 aromatic carbocycles. The summed E-state index contributed by atoms with van der Waals surface area (Å²) >= 11 is -2.47. The molecule has 0 aliphatic carbocycles. The molecule has 0 aliphatic rings. The summed E-state index contributed by atoms with van der Waals surface area (Å²) < 4.78 is 20.8. The molecule has 0 saturated carbocycles. The van der Waals surface area contributed by atoms with Gasteiger partial charge < -0.3 is 10.3 Å². The second kappa shape index (κ2) is 5.42. The maximum Gasteiger partial charge on any atom is 1.00 e. The molecule has 0 bridgehead atoms. The van der Waals surface area contributed by atoms with Gasteiger partial charge in [-0.15, -0.1) is 0 Å². The Balaban J connectivity index is 0.00000169. The molecule has 0 saturated heterocycles. The number of nitrogen functional groups attached to an aromatic ring is 1. The van der Waals surface area contributed by atoms with E-state index in [1.807, 2.05) is 0 Å². The number of nitrogens with two attached hydrogens (primary N) is 1. The van der Waals surface area contributed by atoms with E-state index in [2.05, 4.69) is 0 Å². The third-order valence-electron chi connectivity index (χ3n) is 1.39. The van der Waals surface area contributed by atoms with Crippen LogP contribution in [0.3, 0.4) is 0 Å². The molecule has 0 aromatic heterocycles. The van der Waals surface area contributed by atoms with Gasteiger partial charge in [-0.2, -0.15) is 0 Å². The second-order valence-corrected chi connectivity index (χ2v) is 3.15. The summed E-state index contributed by atoms with van der Waals surface area (Å²) in [7, 11) is 0. The number of nitro groups is 1. The minimum absolute atomic E-state index is 0. The number of hydrogen-bond donors (Lipinski definition) is 1. The zero-order valence-corrected chi connectivity index (χ0v) is 10.1. The van der Waals surface area contributed by atoms with Crippen molar-refractivity contribution in [3.05, 3.63) is 28.3 Å². The molecular formula is C6H5N2NaO4S. The minimum atomic E-state index is -2.47.